The van der Waals surface area contributed by atoms with Gasteiger partial charge in [0.25, 0.3) is 0 Å². The number of rotatable bonds is 4. The van der Waals surface area contributed by atoms with Crippen molar-refractivity contribution in [1.29, 1.82) is 0 Å². The molecule has 0 radical (unpaired) electrons. The van der Waals surface area contributed by atoms with E-state index in [0.717, 1.165) is 12.8 Å². The van der Waals surface area contributed by atoms with E-state index < -0.39 is 0 Å². The summed E-state index contributed by atoms with van der Waals surface area (Å²) >= 11 is 0. The molecule has 21 heavy (non-hydrogen) atoms. The zero-order chi connectivity index (χ0) is 14.5. The molecule has 1 aromatic carbocycles. The van der Waals surface area contributed by atoms with Gasteiger partial charge in [-0.2, -0.15) is 0 Å². The van der Waals surface area contributed by atoms with E-state index in [0.29, 0.717) is 18.7 Å². The van der Waals surface area contributed by atoms with Crippen molar-refractivity contribution in [3.8, 4) is 0 Å². The van der Waals surface area contributed by atoms with Crippen LogP contribution in [0.1, 0.15) is 18.4 Å². The molecule has 1 aromatic rings. The predicted molar refractivity (Wildman–Crippen MR) is 81.9 cm³/mol. The van der Waals surface area contributed by atoms with Crippen molar-refractivity contribution < 1.29 is 13.9 Å². The highest BCUT2D eigenvalue weighted by Crippen LogP contribution is 2.20. The van der Waals surface area contributed by atoms with Gasteiger partial charge in [-0.15, -0.1) is 12.4 Å². The first-order valence-corrected chi connectivity index (χ1v) is 6.91. The molecule has 118 valence electrons. The standard InChI is InChI=1S/C15H21FN2O2.ClH/c1-20-13-6-7-18(12(9-13)10-17)15(19)8-11-4-2-3-5-14(11)16;/h2-5,12-13H,6-10,17H2,1H3;1H. The molecule has 0 aliphatic carbocycles. The van der Waals surface area contributed by atoms with Crippen LogP contribution in [0, 0.1) is 5.82 Å². The minimum Gasteiger partial charge on any atom is -0.381 e. The van der Waals surface area contributed by atoms with Crippen LogP contribution in [0.2, 0.25) is 0 Å². The number of hydrogen-bond donors (Lipinski definition) is 1. The van der Waals surface area contributed by atoms with E-state index in [1.54, 1.807) is 30.2 Å². The topological polar surface area (TPSA) is 55.6 Å². The minimum absolute atomic E-state index is 0. The molecule has 2 atom stereocenters. The first-order valence-electron chi connectivity index (χ1n) is 6.91. The fourth-order valence-electron chi connectivity index (χ4n) is 2.69. The summed E-state index contributed by atoms with van der Waals surface area (Å²) in [5, 5.41) is 0. The number of halogens is 2. The highest BCUT2D eigenvalue weighted by Gasteiger charge is 2.30. The lowest BCUT2D eigenvalue weighted by Crippen LogP contribution is -2.51. The van der Waals surface area contributed by atoms with E-state index in [9.17, 15) is 9.18 Å². The van der Waals surface area contributed by atoms with Crippen molar-refractivity contribution in [3.63, 3.8) is 0 Å². The van der Waals surface area contributed by atoms with Crippen molar-refractivity contribution >= 4 is 18.3 Å². The number of ether oxygens (including phenoxy) is 1. The Balaban J connectivity index is 0.00000220. The second kappa shape index (κ2) is 8.32. The highest BCUT2D eigenvalue weighted by molar-refractivity contribution is 5.85. The molecule has 2 N–H and O–H groups in total. The Morgan fingerprint density at radius 2 is 2.19 bits per heavy atom. The number of benzene rings is 1. The number of nitrogens with zero attached hydrogens (tertiary/aromatic N) is 1. The first kappa shape index (κ1) is 17.9. The van der Waals surface area contributed by atoms with Crippen LogP contribution >= 0.6 is 12.4 Å². The van der Waals surface area contributed by atoms with E-state index in [-0.39, 0.29) is 42.7 Å². The molecule has 1 aliphatic heterocycles. The molecule has 1 saturated heterocycles. The van der Waals surface area contributed by atoms with Crippen LogP contribution in [0.4, 0.5) is 4.39 Å². The third-order valence-corrected chi connectivity index (χ3v) is 3.89. The molecule has 1 fully saturated rings. The summed E-state index contributed by atoms with van der Waals surface area (Å²) in [4.78, 5) is 14.1. The molecule has 0 saturated carbocycles. The van der Waals surface area contributed by atoms with Gasteiger partial charge in [-0.3, -0.25) is 4.79 Å². The Kier molecular flexibility index (Phi) is 7.08. The molecule has 0 aromatic heterocycles. The average Bonchev–Trinajstić information content (AvgIpc) is 2.48. The molecule has 2 rings (SSSR count). The smallest absolute Gasteiger partial charge is 0.227 e. The van der Waals surface area contributed by atoms with Gasteiger partial charge >= 0.3 is 0 Å². The quantitative estimate of drug-likeness (QED) is 0.921. The van der Waals surface area contributed by atoms with E-state index in [1.165, 1.54) is 6.07 Å². The summed E-state index contributed by atoms with van der Waals surface area (Å²) in [5.41, 5.74) is 6.18. The Morgan fingerprint density at radius 3 is 2.81 bits per heavy atom. The Bertz CT molecular complexity index is 473. The van der Waals surface area contributed by atoms with Crippen molar-refractivity contribution in [1.82, 2.24) is 4.90 Å². The largest absolute Gasteiger partial charge is 0.381 e. The van der Waals surface area contributed by atoms with E-state index in [2.05, 4.69) is 0 Å². The number of amides is 1. The van der Waals surface area contributed by atoms with E-state index in [1.807, 2.05) is 0 Å². The monoisotopic (exact) mass is 316 g/mol. The van der Waals surface area contributed by atoms with Crippen LogP contribution in [0.3, 0.4) is 0 Å². The summed E-state index contributed by atoms with van der Waals surface area (Å²) in [7, 11) is 1.68. The predicted octanol–water partition coefficient (Wildman–Crippen LogP) is 1.75. The zero-order valence-corrected chi connectivity index (χ0v) is 12.9. The molecule has 1 heterocycles. The second-order valence-electron chi connectivity index (χ2n) is 5.13. The summed E-state index contributed by atoms with van der Waals surface area (Å²) < 4.78 is 18.9. The molecule has 1 aliphatic rings. The lowest BCUT2D eigenvalue weighted by Gasteiger charge is -2.38. The molecule has 0 bridgehead atoms. The normalized spacial score (nSPS) is 21.8. The number of methoxy groups -OCH3 is 1. The van der Waals surface area contributed by atoms with Crippen LogP contribution < -0.4 is 5.73 Å². The number of carbonyl (C=O) groups is 1. The minimum atomic E-state index is -0.336. The van der Waals surface area contributed by atoms with Crippen molar-refractivity contribution in [2.24, 2.45) is 5.73 Å². The fraction of sp³-hybridized carbons (Fsp3) is 0.533. The van der Waals surface area contributed by atoms with E-state index in [4.69, 9.17) is 10.5 Å². The van der Waals surface area contributed by atoms with Crippen molar-refractivity contribution in [3.05, 3.63) is 35.6 Å². The Labute approximate surface area is 130 Å². The number of carbonyl (C=O) groups excluding carboxylic acids is 1. The Hall–Kier alpha value is -1.17. The van der Waals surface area contributed by atoms with Gasteiger partial charge in [-0.25, -0.2) is 4.39 Å². The highest BCUT2D eigenvalue weighted by atomic mass is 35.5. The second-order valence-corrected chi connectivity index (χ2v) is 5.13. The van der Waals surface area contributed by atoms with Crippen molar-refractivity contribution in [2.45, 2.75) is 31.4 Å². The number of piperidine rings is 1. The van der Waals surface area contributed by atoms with Crippen LogP contribution in [0.25, 0.3) is 0 Å². The van der Waals surface area contributed by atoms with Gasteiger partial charge in [0, 0.05) is 26.2 Å². The van der Waals surface area contributed by atoms with Crippen LogP contribution in [0.15, 0.2) is 24.3 Å². The maximum absolute atomic E-state index is 13.6. The van der Waals surface area contributed by atoms with Crippen LogP contribution in [-0.2, 0) is 16.0 Å². The molecular formula is C15H22ClFN2O2. The molecular weight excluding hydrogens is 295 g/mol. The summed E-state index contributed by atoms with van der Waals surface area (Å²) in [5.74, 6) is -0.406. The van der Waals surface area contributed by atoms with Gasteiger partial charge in [0.15, 0.2) is 0 Å². The van der Waals surface area contributed by atoms with E-state index >= 15 is 0 Å². The van der Waals surface area contributed by atoms with Crippen LogP contribution in [-0.4, -0.2) is 43.2 Å². The number of nitrogens with two attached hydrogens (primary N) is 1. The lowest BCUT2D eigenvalue weighted by atomic mass is 9.98. The molecule has 0 spiro atoms. The van der Waals surface area contributed by atoms with Gasteiger partial charge in [0.1, 0.15) is 5.82 Å². The van der Waals surface area contributed by atoms with Gasteiger partial charge < -0.3 is 15.4 Å². The summed E-state index contributed by atoms with van der Waals surface area (Å²) in [6.45, 7) is 1.02. The molecule has 1 amide bonds. The summed E-state index contributed by atoms with van der Waals surface area (Å²) in [6.07, 6.45) is 1.79. The molecule has 4 nitrogen and oxygen atoms in total. The molecule has 6 heteroatoms. The fourth-order valence-corrected chi connectivity index (χ4v) is 2.69. The van der Waals surface area contributed by atoms with Gasteiger partial charge in [-0.05, 0) is 24.5 Å². The lowest BCUT2D eigenvalue weighted by molar-refractivity contribution is -0.136. The molecule has 2 unspecified atom stereocenters. The van der Waals surface area contributed by atoms with Gasteiger partial charge in [-0.1, -0.05) is 18.2 Å². The average molecular weight is 317 g/mol. The maximum atomic E-state index is 13.6. The maximum Gasteiger partial charge on any atom is 0.227 e. The Morgan fingerprint density at radius 1 is 1.48 bits per heavy atom. The summed E-state index contributed by atoms with van der Waals surface area (Å²) in [6, 6.07) is 6.36. The van der Waals surface area contributed by atoms with Crippen LogP contribution in [0.5, 0.6) is 0 Å². The van der Waals surface area contributed by atoms with Crippen molar-refractivity contribution in [2.75, 3.05) is 20.2 Å². The third kappa shape index (κ3) is 4.40. The number of hydrogen-bond acceptors (Lipinski definition) is 3. The third-order valence-electron chi connectivity index (χ3n) is 3.89. The van der Waals surface area contributed by atoms with Gasteiger partial charge in [0.2, 0.25) is 5.91 Å². The zero-order valence-electron chi connectivity index (χ0n) is 12.1. The number of likely N-dealkylation sites (tertiary alicyclic amines) is 1. The first-order chi connectivity index (χ1) is 9.65. The van der Waals surface area contributed by atoms with Gasteiger partial charge in [0.05, 0.1) is 12.5 Å². The SMILES string of the molecule is COC1CCN(C(=O)Cc2ccccc2F)C(CN)C1.Cl.